The van der Waals surface area contributed by atoms with Crippen molar-refractivity contribution in [1.29, 1.82) is 0 Å². The standard InChI is InChI=1S/C14H16N4O3/c1-18(2)11(19)7-8-15-14(21)12-9-5-3-4-6-10(9)13(20)17-16-12/h3-6H,7-8H2,1-2H3,(H,15,21)(H,17,20). The van der Waals surface area contributed by atoms with Crippen LogP contribution in [-0.2, 0) is 4.79 Å². The van der Waals surface area contributed by atoms with Crippen LogP contribution in [0, 0.1) is 0 Å². The molecule has 0 spiro atoms. The molecular formula is C14H16N4O3. The third kappa shape index (κ3) is 3.25. The third-order valence-electron chi connectivity index (χ3n) is 3.03. The number of rotatable bonds is 4. The van der Waals surface area contributed by atoms with Crippen LogP contribution in [0.25, 0.3) is 10.8 Å². The molecule has 0 fully saturated rings. The van der Waals surface area contributed by atoms with Crippen LogP contribution in [0.15, 0.2) is 29.1 Å². The molecule has 0 unspecified atom stereocenters. The predicted molar refractivity (Wildman–Crippen MR) is 78.0 cm³/mol. The third-order valence-corrected chi connectivity index (χ3v) is 3.03. The van der Waals surface area contributed by atoms with Gasteiger partial charge < -0.3 is 10.2 Å². The number of carbonyl (C=O) groups excluding carboxylic acids is 2. The Hall–Kier alpha value is -2.70. The first-order valence-corrected chi connectivity index (χ1v) is 6.46. The van der Waals surface area contributed by atoms with Gasteiger partial charge in [-0.15, -0.1) is 0 Å². The summed E-state index contributed by atoms with van der Waals surface area (Å²) in [6.45, 7) is 0.213. The maximum atomic E-state index is 12.1. The molecule has 0 bridgehead atoms. The Bertz CT molecular complexity index is 736. The lowest BCUT2D eigenvalue weighted by Gasteiger charge is -2.10. The van der Waals surface area contributed by atoms with Gasteiger partial charge in [0.15, 0.2) is 5.69 Å². The molecule has 0 radical (unpaired) electrons. The molecule has 7 heteroatoms. The van der Waals surface area contributed by atoms with Crippen LogP contribution in [0.5, 0.6) is 0 Å². The van der Waals surface area contributed by atoms with Crippen LogP contribution in [0.4, 0.5) is 0 Å². The Morgan fingerprint density at radius 3 is 2.57 bits per heavy atom. The van der Waals surface area contributed by atoms with Gasteiger partial charge >= 0.3 is 0 Å². The second-order valence-electron chi connectivity index (χ2n) is 4.74. The summed E-state index contributed by atoms with van der Waals surface area (Å²) in [4.78, 5) is 36.6. The number of amides is 2. The van der Waals surface area contributed by atoms with E-state index in [0.29, 0.717) is 10.8 Å². The van der Waals surface area contributed by atoms with Crippen molar-refractivity contribution in [1.82, 2.24) is 20.4 Å². The smallest absolute Gasteiger partial charge is 0.272 e. The number of nitrogens with zero attached hydrogens (tertiary/aromatic N) is 2. The molecule has 2 amide bonds. The average molecular weight is 288 g/mol. The summed E-state index contributed by atoms with van der Waals surface area (Å²) in [6.07, 6.45) is 0.208. The van der Waals surface area contributed by atoms with Crippen molar-refractivity contribution in [2.75, 3.05) is 20.6 Å². The minimum absolute atomic E-state index is 0.0745. The van der Waals surface area contributed by atoms with Crippen LogP contribution in [0.3, 0.4) is 0 Å². The van der Waals surface area contributed by atoms with Crippen LogP contribution in [0.2, 0.25) is 0 Å². The van der Waals surface area contributed by atoms with Crippen molar-refractivity contribution in [3.63, 3.8) is 0 Å². The van der Waals surface area contributed by atoms with Crippen molar-refractivity contribution in [2.45, 2.75) is 6.42 Å². The summed E-state index contributed by atoms with van der Waals surface area (Å²) >= 11 is 0. The van der Waals surface area contributed by atoms with Crippen molar-refractivity contribution >= 4 is 22.6 Å². The summed E-state index contributed by atoms with van der Waals surface area (Å²) in [5.41, 5.74) is -0.201. The zero-order valence-electron chi connectivity index (χ0n) is 11.8. The predicted octanol–water partition coefficient (Wildman–Crippen LogP) is 0.131. The quantitative estimate of drug-likeness (QED) is 0.836. The number of aromatic nitrogens is 2. The van der Waals surface area contributed by atoms with Crippen LogP contribution in [0.1, 0.15) is 16.9 Å². The van der Waals surface area contributed by atoms with Crippen molar-refractivity contribution in [3.8, 4) is 0 Å². The molecule has 2 N–H and O–H groups in total. The van der Waals surface area contributed by atoms with E-state index in [9.17, 15) is 14.4 Å². The normalized spacial score (nSPS) is 10.4. The van der Waals surface area contributed by atoms with Crippen molar-refractivity contribution in [2.24, 2.45) is 0 Å². The molecule has 0 saturated heterocycles. The molecule has 2 rings (SSSR count). The average Bonchev–Trinajstić information content (AvgIpc) is 2.47. The van der Waals surface area contributed by atoms with Gasteiger partial charge in [0.05, 0.1) is 5.39 Å². The van der Waals surface area contributed by atoms with Crippen LogP contribution in [-0.4, -0.2) is 47.6 Å². The largest absolute Gasteiger partial charge is 0.350 e. The summed E-state index contributed by atoms with van der Waals surface area (Å²) in [6, 6.07) is 6.74. The molecule has 7 nitrogen and oxygen atoms in total. The molecule has 0 aliphatic heterocycles. The van der Waals surface area contributed by atoms with Gasteiger partial charge in [0, 0.05) is 32.4 Å². The molecule has 1 heterocycles. The Labute approximate surface area is 121 Å². The van der Waals surface area contributed by atoms with E-state index in [2.05, 4.69) is 15.5 Å². The highest BCUT2D eigenvalue weighted by molar-refractivity contribution is 6.04. The van der Waals surface area contributed by atoms with Gasteiger partial charge in [0.25, 0.3) is 11.5 Å². The van der Waals surface area contributed by atoms with E-state index in [0.717, 1.165) is 0 Å². The summed E-state index contributed by atoms with van der Waals surface area (Å²) in [7, 11) is 3.31. The van der Waals surface area contributed by atoms with E-state index in [1.807, 2.05) is 0 Å². The van der Waals surface area contributed by atoms with Crippen LogP contribution < -0.4 is 10.9 Å². The molecule has 21 heavy (non-hydrogen) atoms. The van der Waals surface area contributed by atoms with E-state index in [-0.39, 0.29) is 30.1 Å². The molecule has 0 saturated carbocycles. The second kappa shape index (κ2) is 6.17. The first-order valence-electron chi connectivity index (χ1n) is 6.46. The van der Waals surface area contributed by atoms with E-state index < -0.39 is 5.91 Å². The number of carbonyl (C=O) groups is 2. The van der Waals surface area contributed by atoms with Gasteiger partial charge in [-0.05, 0) is 6.07 Å². The zero-order valence-corrected chi connectivity index (χ0v) is 11.8. The number of nitrogens with one attached hydrogen (secondary N) is 2. The SMILES string of the molecule is CN(C)C(=O)CCNC(=O)c1n[nH]c(=O)c2ccccc12. The molecule has 1 aromatic heterocycles. The number of H-pyrrole nitrogens is 1. The molecule has 110 valence electrons. The van der Waals surface area contributed by atoms with Gasteiger partial charge in [-0.3, -0.25) is 14.4 Å². The van der Waals surface area contributed by atoms with Gasteiger partial charge in [0.2, 0.25) is 5.91 Å². The van der Waals surface area contributed by atoms with E-state index in [1.54, 1.807) is 38.4 Å². The first-order chi connectivity index (χ1) is 10.0. The van der Waals surface area contributed by atoms with Crippen LogP contribution >= 0.6 is 0 Å². The Balaban J connectivity index is 2.15. The van der Waals surface area contributed by atoms with E-state index >= 15 is 0 Å². The molecule has 0 atom stereocenters. The number of hydrogen-bond acceptors (Lipinski definition) is 4. The fraction of sp³-hybridized carbons (Fsp3) is 0.286. The molecule has 0 aliphatic carbocycles. The lowest BCUT2D eigenvalue weighted by atomic mass is 10.1. The van der Waals surface area contributed by atoms with Gasteiger partial charge in [-0.25, -0.2) is 5.10 Å². The molecule has 0 aliphatic rings. The monoisotopic (exact) mass is 288 g/mol. The maximum Gasteiger partial charge on any atom is 0.272 e. The zero-order chi connectivity index (χ0) is 15.4. The molecule has 2 aromatic rings. The highest BCUT2D eigenvalue weighted by Crippen LogP contribution is 2.11. The number of fused-ring (bicyclic) bond motifs is 1. The lowest BCUT2D eigenvalue weighted by Crippen LogP contribution is -2.31. The van der Waals surface area contributed by atoms with Gasteiger partial charge in [-0.1, -0.05) is 18.2 Å². The number of aromatic amines is 1. The van der Waals surface area contributed by atoms with E-state index in [1.165, 1.54) is 4.90 Å². The topological polar surface area (TPSA) is 95.2 Å². The lowest BCUT2D eigenvalue weighted by molar-refractivity contribution is -0.128. The van der Waals surface area contributed by atoms with E-state index in [4.69, 9.17) is 0 Å². The van der Waals surface area contributed by atoms with Gasteiger partial charge in [-0.2, -0.15) is 5.10 Å². The summed E-state index contributed by atoms with van der Waals surface area (Å²) in [5, 5.41) is 9.61. The maximum absolute atomic E-state index is 12.1. The molecular weight excluding hydrogens is 272 g/mol. The summed E-state index contributed by atoms with van der Waals surface area (Å²) < 4.78 is 0. The summed E-state index contributed by atoms with van der Waals surface area (Å²) in [5.74, 6) is -0.497. The number of benzene rings is 1. The minimum atomic E-state index is -0.422. The Morgan fingerprint density at radius 1 is 1.24 bits per heavy atom. The minimum Gasteiger partial charge on any atom is -0.350 e. The highest BCUT2D eigenvalue weighted by atomic mass is 16.2. The first kappa shape index (κ1) is 14.7. The number of hydrogen-bond donors (Lipinski definition) is 2. The van der Waals surface area contributed by atoms with Crippen molar-refractivity contribution in [3.05, 3.63) is 40.3 Å². The molecule has 1 aromatic carbocycles. The Kier molecular flexibility index (Phi) is 4.32. The highest BCUT2D eigenvalue weighted by Gasteiger charge is 2.14. The Morgan fingerprint density at radius 2 is 1.90 bits per heavy atom. The fourth-order valence-corrected chi connectivity index (χ4v) is 1.88. The van der Waals surface area contributed by atoms with Gasteiger partial charge in [0.1, 0.15) is 0 Å². The van der Waals surface area contributed by atoms with Crippen molar-refractivity contribution < 1.29 is 9.59 Å². The second-order valence-corrected chi connectivity index (χ2v) is 4.74. The fourth-order valence-electron chi connectivity index (χ4n) is 1.88.